The smallest absolute Gasteiger partial charge is 0.268 e. The third-order valence-corrected chi connectivity index (χ3v) is 7.43. The highest BCUT2D eigenvalue weighted by atomic mass is 32.2. The Morgan fingerprint density at radius 3 is 2.50 bits per heavy atom. The molecule has 0 spiro atoms. The van der Waals surface area contributed by atoms with Crippen molar-refractivity contribution in [1.29, 1.82) is 5.26 Å². The van der Waals surface area contributed by atoms with Gasteiger partial charge in [0.25, 0.3) is 5.91 Å². The molecule has 0 aliphatic carbocycles. The van der Waals surface area contributed by atoms with Crippen LogP contribution in [0, 0.1) is 11.3 Å². The van der Waals surface area contributed by atoms with E-state index in [0.717, 1.165) is 16.9 Å². The van der Waals surface area contributed by atoms with Crippen LogP contribution in [-0.4, -0.2) is 30.3 Å². The largest absolute Gasteiger partial charge is 0.486 e. The molecule has 1 unspecified atom stereocenters. The molecule has 32 heavy (non-hydrogen) atoms. The molecule has 0 aliphatic rings. The topological polar surface area (TPSA) is 122 Å². The summed E-state index contributed by atoms with van der Waals surface area (Å²) in [5.74, 6) is -0.176. The Labute approximate surface area is 190 Å². The number of carbonyl (C=O) groups is 1. The molecule has 0 aliphatic heterocycles. The summed E-state index contributed by atoms with van der Waals surface area (Å²) in [4.78, 5) is 12.4. The van der Waals surface area contributed by atoms with E-state index < -0.39 is 15.7 Å². The van der Waals surface area contributed by atoms with Crippen LogP contribution in [0.25, 0.3) is 6.08 Å². The average Bonchev–Trinajstić information content (AvgIpc) is 3.28. The zero-order valence-electron chi connectivity index (χ0n) is 17.3. The van der Waals surface area contributed by atoms with E-state index in [-0.39, 0.29) is 26.9 Å². The van der Waals surface area contributed by atoms with Crippen molar-refractivity contribution in [2.75, 3.05) is 11.1 Å². The number of nitriles is 1. The van der Waals surface area contributed by atoms with E-state index in [1.807, 2.05) is 43.3 Å². The molecule has 0 saturated heterocycles. The number of aromatic nitrogens is 2. The number of sulfone groups is 1. The molecule has 1 aromatic heterocycles. The Morgan fingerprint density at radius 1 is 1.19 bits per heavy atom. The number of hydrogen-bond acceptors (Lipinski definition) is 8. The third-order valence-electron chi connectivity index (χ3n) is 4.41. The maximum Gasteiger partial charge on any atom is 0.268 e. The number of ether oxygens (including phenoxy) is 1. The van der Waals surface area contributed by atoms with E-state index in [9.17, 15) is 18.5 Å². The van der Waals surface area contributed by atoms with Gasteiger partial charge in [-0.05, 0) is 36.3 Å². The number of carbonyl (C=O) groups excluding carboxylic acids is 1. The van der Waals surface area contributed by atoms with Gasteiger partial charge in [-0.3, -0.25) is 10.1 Å². The Hall–Kier alpha value is -3.55. The molecule has 1 amide bonds. The molecule has 10 heteroatoms. The first-order chi connectivity index (χ1) is 15.3. The van der Waals surface area contributed by atoms with Crippen molar-refractivity contribution in [2.24, 2.45) is 0 Å². The van der Waals surface area contributed by atoms with Crippen LogP contribution in [0.5, 0.6) is 5.75 Å². The zero-order valence-corrected chi connectivity index (χ0v) is 19.0. The number of rotatable bonds is 8. The highest BCUT2D eigenvalue weighted by Crippen LogP contribution is 2.24. The van der Waals surface area contributed by atoms with Gasteiger partial charge < -0.3 is 4.74 Å². The lowest BCUT2D eigenvalue weighted by Gasteiger charge is -2.15. The lowest BCUT2D eigenvalue weighted by atomic mass is 10.1. The van der Waals surface area contributed by atoms with Gasteiger partial charge in [-0.25, -0.2) is 8.42 Å². The van der Waals surface area contributed by atoms with Gasteiger partial charge in [0.1, 0.15) is 23.5 Å². The van der Waals surface area contributed by atoms with Crippen molar-refractivity contribution in [3.8, 4) is 11.8 Å². The normalized spacial score (nSPS) is 12.6. The molecule has 1 heterocycles. The number of nitrogens with one attached hydrogen (secondary N) is 1. The van der Waals surface area contributed by atoms with E-state index in [1.165, 1.54) is 13.0 Å². The van der Waals surface area contributed by atoms with Gasteiger partial charge in [0.05, 0.1) is 5.75 Å². The summed E-state index contributed by atoms with van der Waals surface area (Å²) >= 11 is 0.737. The molecule has 8 nitrogen and oxygen atoms in total. The lowest BCUT2D eigenvalue weighted by molar-refractivity contribution is -0.112. The molecule has 0 saturated carbocycles. The number of hydrogen-bond donors (Lipinski definition) is 1. The van der Waals surface area contributed by atoms with Crippen molar-refractivity contribution in [3.63, 3.8) is 0 Å². The van der Waals surface area contributed by atoms with Gasteiger partial charge in [-0.15, -0.1) is 10.2 Å². The van der Waals surface area contributed by atoms with Gasteiger partial charge in [0, 0.05) is 0 Å². The molecule has 0 radical (unpaired) electrons. The quantitative estimate of drug-likeness (QED) is 0.301. The minimum absolute atomic E-state index is 0.00169. The van der Waals surface area contributed by atoms with Crippen molar-refractivity contribution >= 4 is 38.3 Å². The fourth-order valence-electron chi connectivity index (χ4n) is 2.63. The van der Waals surface area contributed by atoms with Gasteiger partial charge in [0.2, 0.25) is 19.3 Å². The summed E-state index contributed by atoms with van der Waals surface area (Å²) in [7, 11) is -3.52. The van der Waals surface area contributed by atoms with Crippen molar-refractivity contribution in [3.05, 3.63) is 71.3 Å². The zero-order chi connectivity index (χ0) is 23.1. The average molecular weight is 469 g/mol. The first kappa shape index (κ1) is 23.1. The van der Waals surface area contributed by atoms with E-state index in [2.05, 4.69) is 15.5 Å². The van der Waals surface area contributed by atoms with Crippen LogP contribution in [0.15, 0.2) is 64.5 Å². The number of amides is 1. The second kappa shape index (κ2) is 10.2. The van der Waals surface area contributed by atoms with E-state index in [0.29, 0.717) is 11.3 Å². The third kappa shape index (κ3) is 5.78. The van der Waals surface area contributed by atoms with Gasteiger partial charge in [-0.1, -0.05) is 60.7 Å². The number of anilines is 1. The molecule has 0 fully saturated rings. The van der Waals surface area contributed by atoms with Gasteiger partial charge in [0.15, 0.2) is 0 Å². The Bertz CT molecular complexity index is 1260. The lowest BCUT2D eigenvalue weighted by Crippen LogP contribution is -2.13. The Kier molecular flexibility index (Phi) is 7.35. The van der Waals surface area contributed by atoms with Crippen molar-refractivity contribution in [1.82, 2.24) is 10.2 Å². The summed E-state index contributed by atoms with van der Waals surface area (Å²) in [5.41, 5.74) is 1.51. The first-order valence-corrected chi connectivity index (χ1v) is 12.1. The Balaban J connectivity index is 1.68. The van der Waals surface area contributed by atoms with Crippen LogP contribution in [0.4, 0.5) is 5.13 Å². The summed E-state index contributed by atoms with van der Waals surface area (Å²) in [5, 5.41) is 19.0. The maximum absolute atomic E-state index is 12.4. The van der Waals surface area contributed by atoms with Crippen molar-refractivity contribution in [2.45, 2.75) is 24.3 Å². The van der Waals surface area contributed by atoms with E-state index in [1.54, 1.807) is 24.3 Å². The highest BCUT2D eigenvalue weighted by Gasteiger charge is 2.20. The summed E-state index contributed by atoms with van der Waals surface area (Å²) in [6.07, 6.45) is 1.29. The fraction of sp³-hybridized carbons (Fsp3) is 0.182. The summed E-state index contributed by atoms with van der Waals surface area (Å²) in [6, 6.07) is 18.6. The van der Waals surface area contributed by atoms with Crippen molar-refractivity contribution < 1.29 is 17.9 Å². The highest BCUT2D eigenvalue weighted by molar-refractivity contribution is 7.93. The van der Waals surface area contributed by atoms with Gasteiger partial charge >= 0.3 is 0 Å². The first-order valence-electron chi connectivity index (χ1n) is 9.63. The second-order valence-electron chi connectivity index (χ2n) is 6.64. The minimum Gasteiger partial charge on any atom is -0.486 e. The molecular formula is C22H20N4O4S2. The summed E-state index contributed by atoms with van der Waals surface area (Å²) in [6.45, 7) is 3.44. The molecule has 1 atom stereocenters. The molecular weight excluding hydrogens is 448 g/mol. The van der Waals surface area contributed by atoms with Crippen LogP contribution in [-0.2, 0) is 14.6 Å². The molecule has 164 valence electrons. The monoisotopic (exact) mass is 468 g/mol. The SMILES string of the molecule is CCS(=O)(=O)c1nnc(NC(=O)/C(C#N)=C\c2ccc(OC(C)c3ccccc3)cc2)s1. The standard InChI is InChI=1S/C22H20N4O4S2/c1-3-32(28,29)22-26-25-21(31-22)24-20(27)18(14-23)13-16-9-11-19(12-10-16)30-15(2)17-7-5-4-6-8-17/h4-13,15H,3H2,1-2H3,(H,24,25,27)/b18-13-. The minimum atomic E-state index is -3.52. The fourth-order valence-corrected chi connectivity index (χ4v) is 4.61. The maximum atomic E-state index is 12.4. The van der Waals surface area contributed by atoms with Gasteiger partial charge in [-0.2, -0.15) is 5.26 Å². The predicted molar refractivity (Wildman–Crippen MR) is 122 cm³/mol. The molecule has 3 rings (SSSR count). The van der Waals surface area contributed by atoms with Crippen LogP contribution in [0.1, 0.15) is 31.1 Å². The Morgan fingerprint density at radius 2 is 1.88 bits per heavy atom. The van der Waals surface area contributed by atoms with Crippen LogP contribution >= 0.6 is 11.3 Å². The van der Waals surface area contributed by atoms with Crippen LogP contribution < -0.4 is 10.1 Å². The van der Waals surface area contributed by atoms with Crippen LogP contribution in [0.3, 0.4) is 0 Å². The molecule has 2 aromatic carbocycles. The second-order valence-corrected chi connectivity index (χ2v) is 10.1. The molecule has 3 aromatic rings. The number of nitrogens with zero attached hydrogens (tertiary/aromatic N) is 3. The molecule has 1 N–H and O–H groups in total. The van der Waals surface area contributed by atoms with E-state index >= 15 is 0 Å². The van der Waals surface area contributed by atoms with E-state index in [4.69, 9.17) is 4.74 Å². The molecule has 0 bridgehead atoms. The van der Waals surface area contributed by atoms with Crippen LogP contribution in [0.2, 0.25) is 0 Å². The predicted octanol–water partition coefficient (Wildman–Crippen LogP) is 4.02. The summed E-state index contributed by atoms with van der Waals surface area (Å²) < 4.78 is 29.4. The number of benzene rings is 2.